The van der Waals surface area contributed by atoms with Crippen LogP contribution in [0.2, 0.25) is 0 Å². The highest BCUT2D eigenvalue weighted by atomic mass is 79.9. The van der Waals surface area contributed by atoms with Crippen LogP contribution in [0.4, 0.5) is 5.82 Å². The van der Waals surface area contributed by atoms with Crippen molar-refractivity contribution < 1.29 is 8.42 Å². The van der Waals surface area contributed by atoms with E-state index in [4.69, 9.17) is 0 Å². The lowest BCUT2D eigenvalue weighted by atomic mass is 10.4. The number of aromatic nitrogens is 1. The topological polar surface area (TPSA) is 50.3 Å². The number of nitrogens with zero attached hydrogens (tertiary/aromatic N) is 2. The summed E-state index contributed by atoms with van der Waals surface area (Å²) in [4.78, 5) is 6.23. The Kier molecular flexibility index (Phi) is 2.97. The smallest absolute Gasteiger partial charge is 0.153 e. The summed E-state index contributed by atoms with van der Waals surface area (Å²) >= 11 is 3.41. The van der Waals surface area contributed by atoms with Gasteiger partial charge in [0.2, 0.25) is 0 Å². The third kappa shape index (κ3) is 2.49. The van der Waals surface area contributed by atoms with Gasteiger partial charge in [0.25, 0.3) is 0 Å². The highest BCUT2D eigenvalue weighted by Gasteiger charge is 2.23. The summed E-state index contributed by atoms with van der Waals surface area (Å²) in [6.45, 7) is 1.05. The number of pyridine rings is 1. The summed E-state index contributed by atoms with van der Waals surface area (Å²) in [6, 6.07) is 3.75. The maximum absolute atomic E-state index is 11.3. The van der Waals surface area contributed by atoms with E-state index in [1.165, 1.54) is 0 Å². The number of hydrogen-bond donors (Lipinski definition) is 0. The summed E-state index contributed by atoms with van der Waals surface area (Å²) < 4.78 is 23.4. The van der Waals surface area contributed by atoms with Crippen LogP contribution in [-0.2, 0) is 9.84 Å². The molecular weight excluding hydrogens is 280 g/mol. The van der Waals surface area contributed by atoms with Gasteiger partial charge < -0.3 is 4.90 Å². The Balaban J connectivity index is 2.18. The van der Waals surface area contributed by atoms with Crippen LogP contribution in [0.1, 0.15) is 0 Å². The third-order valence-corrected chi connectivity index (χ3v) is 4.61. The molecule has 1 aliphatic rings. The van der Waals surface area contributed by atoms with Crippen LogP contribution in [0.15, 0.2) is 22.8 Å². The van der Waals surface area contributed by atoms with Gasteiger partial charge in [0.15, 0.2) is 9.84 Å². The fourth-order valence-electron chi connectivity index (χ4n) is 1.53. The molecule has 0 radical (unpaired) electrons. The van der Waals surface area contributed by atoms with Crippen molar-refractivity contribution >= 4 is 31.6 Å². The minimum absolute atomic E-state index is 0.218. The van der Waals surface area contributed by atoms with Gasteiger partial charge in [-0.3, -0.25) is 0 Å². The first-order valence-electron chi connectivity index (χ1n) is 4.64. The van der Waals surface area contributed by atoms with Crippen molar-refractivity contribution in [3.8, 4) is 0 Å². The largest absolute Gasteiger partial charge is 0.354 e. The Labute approximate surface area is 97.4 Å². The molecule has 82 valence electrons. The van der Waals surface area contributed by atoms with Crippen molar-refractivity contribution in [2.24, 2.45) is 0 Å². The van der Waals surface area contributed by atoms with Gasteiger partial charge >= 0.3 is 0 Å². The first-order valence-corrected chi connectivity index (χ1v) is 7.26. The molecule has 0 aromatic carbocycles. The fraction of sp³-hybridized carbons (Fsp3) is 0.444. The third-order valence-electron chi connectivity index (χ3n) is 2.38. The molecule has 0 N–H and O–H groups in total. The molecule has 1 aliphatic heterocycles. The van der Waals surface area contributed by atoms with Crippen LogP contribution in [0.25, 0.3) is 0 Å². The van der Waals surface area contributed by atoms with Crippen LogP contribution in [0.3, 0.4) is 0 Å². The van der Waals surface area contributed by atoms with Gasteiger partial charge in [-0.05, 0) is 28.1 Å². The number of anilines is 1. The Morgan fingerprint density at radius 3 is 2.60 bits per heavy atom. The molecule has 1 aromatic rings. The standard InChI is InChI=1S/C9H11BrN2O2S/c10-8-2-1-3-11-9(8)12-4-6-15(13,14)7-5-12/h1-3H,4-7H2. The van der Waals surface area contributed by atoms with Crippen LogP contribution in [0.5, 0.6) is 0 Å². The van der Waals surface area contributed by atoms with Gasteiger partial charge in [-0.15, -0.1) is 0 Å². The number of rotatable bonds is 1. The summed E-state index contributed by atoms with van der Waals surface area (Å²) in [6.07, 6.45) is 1.71. The van der Waals surface area contributed by atoms with Gasteiger partial charge in [-0.25, -0.2) is 13.4 Å². The quantitative estimate of drug-likeness (QED) is 0.777. The molecule has 0 amide bonds. The molecule has 0 unspecified atom stereocenters. The predicted molar refractivity (Wildman–Crippen MR) is 62.8 cm³/mol. The maximum Gasteiger partial charge on any atom is 0.153 e. The highest BCUT2D eigenvalue weighted by molar-refractivity contribution is 9.10. The second-order valence-electron chi connectivity index (χ2n) is 3.45. The van der Waals surface area contributed by atoms with Gasteiger partial charge in [0, 0.05) is 19.3 Å². The lowest BCUT2D eigenvalue weighted by Crippen LogP contribution is -2.40. The molecule has 1 saturated heterocycles. The van der Waals surface area contributed by atoms with E-state index in [1.807, 2.05) is 17.0 Å². The number of halogens is 1. The van der Waals surface area contributed by atoms with E-state index in [2.05, 4.69) is 20.9 Å². The SMILES string of the molecule is O=S1(=O)CCN(c2ncccc2Br)CC1. The molecule has 0 bridgehead atoms. The second kappa shape index (κ2) is 4.09. The van der Waals surface area contributed by atoms with Crippen molar-refractivity contribution in [2.45, 2.75) is 0 Å². The molecule has 15 heavy (non-hydrogen) atoms. The molecule has 0 spiro atoms. The van der Waals surface area contributed by atoms with Gasteiger partial charge in [0.1, 0.15) is 5.82 Å². The molecule has 6 heteroatoms. The molecule has 1 aromatic heterocycles. The zero-order valence-corrected chi connectivity index (χ0v) is 10.5. The Morgan fingerprint density at radius 2 is 2.00 bits per heavy atom. The van der Waals surface area contributed by atoms with E-state index in [1.54, 1.807) is 6.20 Å². The molecule has 2 heterocycles. The first-order chi connectivity index (χ1) is 7.08. The zero-order chi connectivity index (χ0) is 10.9. The molecule has 4 nitrogen and oxygen atoms in total. The highest BCUT2D eigenvalue weighted by Crippen LogP contribution is 2.24. The lowest BCUT2D eigenvalue weighted by molar-refractivity contribution is 0.586. The van der Waals surface area contributed by atoms with Crippen molar-refractivity contribution in [3.63, 3.8) is 0 Å². The van der Waals surface area contributed by atoms with Gasteiger partial charge in [-0.1, -0.05) is 0 Å². The van der Waals surface area contributed by atoms with E-state index in [-0.39, 0.29) is 11.5 Å². The van der Waals surface area contributed by atoms with Crippen LogP contribution < -0.4 is 4.90 Å². The summed E-state index contributed by atoms with van der Waals surface area (Å²) in [7, 11) is -2.82. The van der Waals surface area contributed by atoms with Crippen molar-refractivity contribution in [1.82, 2.24) is 4.98 Å². The summed E-state index contributed by atoms with van der Waals surface area (Å²) in [5, 5.41) is 0. The Morgan fingerprint density at radius 1 is 1.33 bits per heavy atom. The van der Waals surface area contributed by atoms with Crippen LogP contribution >= 0.6 is 15.9 Å². The van der Waals surface area contributed by atoms with Crippen LogP contribution in [-0.4, -0.2) is 38.0 Å². The molecular formula is C9H11BrN2O2S. The fourth-order valence-corrected chi connectivity index (χ4v) is 3.24. The van der Waals surface area contributed by atoms with E-state index in [0.717, 1.165) is 10.3 Å². The summed E-state index contributed by atoms with van der Waals surface area (Å²) in [5.74, 6) is 1.26. The molecule has 0 saturated carbocycles. The maximum atomic E-state index is 11.3. The second-order valence-corrected chi connectivity index (χ2v) is 6.61. The first kappa shape index (κ1) is 10.9. The normalized spacial score (nSPS) is 20.2. The van der Waals surface area contributed by atoms with E-state index in [9.17, 15) is 8.42 Å². The van der Waals surface area contributed by atoms with Crippen molar-refractivity contribution in [2.75, 3.05) is 29.5 Å². The minimum Gasteiger partial charge on any atom is -0.354 e. The van der Waals surface area contributed by atoms with Gasteiger partial charge in [-0.2, -0.15) is 0 Å². The molecule has 2 rings (SSSR count). The van der Waals surface area contributed by atoms with Crippen LogP contribution in [0, 0.1) is 0 Å². The lowest BCUT2D eigenvalue weighted by Gasteiger charge is -2.28. The molecule has 1 fully saturated rings. The Hall–Kier alpha value is -0.620. The number of sulfone groups is 1. The van der Waals surface area contributed by atoms with Crippen molar-refractivity contribution in [3.05, 3.63) is 22.8 Å². The average Bonchev–Trinajstić information content (AvgIpc) is 2.19. The number of hydrogen-bond acceptors (Lipinski definition) is 4. The van der Waals surface area contributed by atoms with Gasteiger partial charge in [0.05, 0.1) is 16.0 Å². The monoisotopic (exact) mass is 290 g/mol. The Bertz CT molecular complexity index is 447. The van der Waals surface area contributed by atoms with E-state index < -0.39 is 9.84 Å². The summed E-state index contributed by atoms with van der Waals surface area (Å²) in [5.41, 5.74) is 0. The molecule has 0 aliphatic carbocycles. The van der Waals surface area contributed by atoms with Crippen molar-refractivity contribution in [1.29, 1.82) is 0 Å². The molecule has 0 atom stereocenters. The minimum atomic E-state index is -2.82. The predicted octanol–water partition coefficient (Wildman–Crippen LogP) is 1.08. The zero-order valence-electron chi connectivity index (χ0n) is 8.06. The average molecular weight is 291 g/mol. The van der Waals surface area contributed by atoms with E-state index in [0.29, 0.717) is 13.1 Å². The van der Waals surface area contributed by atoms with E-state index >= 15 is 0 Å².